The second-order valence-corrected chi connectivity index (χ2v) is 6.26. The molecule has 0 aliphatic carbocycles. The average Bonchev–Trinajstić information content (AvgIpc) is 2.46. The van der Waals surface area contributed by atoms with Crippen molar-refractivity contribution in [2.45, 2.75) is 24.8 Å². The van der Waals surface area contributed by atoms with Crippen LogP contribution in [-0.4, -0.2) is 18.4 Å². The van der Waals surface area contributed by atoms with Gasteiger partial charge in [-0.3, -0.25) is 4.98 Å². The van der Waals surface area contributed by atoms with Crippen LogP contribution in [0.15, 0.2) is 41.6 Å². The Labute approximate surface area is 123 Å². The van der Waals surface area contributed by atoms with Crippen LogP contribution in [0.1, 0.15) is 18.2 Å². The van der Waals surface area contributed by atoms with Gasteiger partial charge >= 0.3 is 0 Å². The first-order chi connectivity index (χ1) is 9.53. The number of nitrogens with zero attached hydrogens (tertiary/aromatic N) is 2. The number of aromatic nitrogens is 2. The highest BCUT2D eigenvalue weighted by atomic mass is 35.5. The summed E-state index contributed by atoms with van der Waals surface area (Å²) in [6.45, 7) is 2.15. The predicted octanol–water partition coefficient (Wildman–Crippen LogP) is 2.17. The van der Waals surface area contributed by atoms with Gasteiger partial charge in [0.1, 0.15) is 10.0 Å². The van der Waals surface area contributed by atoms with Crippen molar-refractivity contribution in [3.8, 4) is 0 Å². The molecular formula is C13H14ClN3O2S. The molecule has 0 saturated heterocycles. The highest BCUT2D eigenvalue weighted by Crippen LogP contribution is 2.12. The molecule has 0 saturated carbocycles. The number of rotatable bonds is 5. The Hall–Kier alpha value is -1.50. The lowest BCUT2D eigenvalue weighted by Crippen LogP contribution is -2.24. The first kappa shape index (κ1) is 14.9. The molecule has 1 N–H and O–H groups in total. The fourth-order valence-corrected chi connectivity index (χ4v) is 2.76. The SMILES string of the molecule is CCc1cccnc1CNS(=O)(=O)c1ccc(Cl)nc1. The topological polar surface area (TPSA) is 72.0 Å². The van der Waals surface area contributed by atoms with Crippen LogP contribution in [0.25, 0.3) is 0 Å². The van der Waals surface area contributed by atoms with Gasteiger partial charge in [-0.05, 0) is 30.2 Å². The van der Waals surface area contributed by atoms with Gasteiger partial charge in [0.15, 0.2) is 0 Å². The smallest absolute Gasteiger partial charge is 0.242 e. The van der Waals surface area contributed by atoms with E-state index in [4.69, 9.17) is 11.6 Å². The molecule has 0 aliphatic heterocycles. The Morgan fingerprint density at radius 1 is 1.25 bits per heavy atom. The predicted molar refractivity (Wildman–Crippen MR) is 76.9 cm³/mol. The van der Waals surface area contributed by atoms with Crippen LogP contribution >= 0.6 is 11.6 Å². The third-order valence-electron chi connectivity index (χ3n) is 2.81. The molecule has 20 heavy (non-hydrogen) atoms. The van der Waals surface area contributed by atoms with Crippen molar-refractivity contribution in [1.82, 2.24) is 14.7 Å². The van der Waals surface area contributed by atoms with Gasteiger partial charge in [0.2, 0.25) is 10.0 Å². The minimum atomic E-state index is -3.61. The van der Waals surface area contributed by atoms with Gasteiger partial charge < -0.3 is 0 Å². The summed E-state index contributed by atoms with van der Waals surface area (Å²) in [4.78, 5) is 8.04. The molecule has 2 rings (SSSR count). The van der Waals surface area contributed by atoms with Gasteiger partial charge in [-0.25, -0.2) is 18.1 Å². The molecule has 0 unspecified atom stereocenters. The van der Waals surface area contributed by atoms with Crippen LogP contribution in [-0.2, 0) is 23.0 Å². The Kier molecular flexibility index (Phi) is 4.69. The van der Waals surface area contributed by atoms with Crippen LogP contribution in [0.4, 0.5) is 0 Å². The van der Waals surface area contributed by atoms with E-state index < -0.39 is 10.0 Å². The van der Waals surface area contributed by atoms with E-state index >= 15 is 0 Å². The van der Waals surface area contributed by atoms with Crippen LogP contribution in [0.2, 0.25) is 5.15 Å². The summed E-state index contributed by atoms with van der Waals surface area (Å²) in [7, 11) is -3.61. The number of halogens is 1. The van der Waals surface area contributed by atoms with Crippen molar-refractivity contribution >= 4 is 21.6 Å². The normalized spacial score (nSPS) is 11.5. The second-order valence-electron chi connectivity index (χ2n) is 4.10. The van der Waals surface area contributed by atoms with Crippen molar-refractivity contribution in [2.75, 3.05) is 0 Å². The third-order valence-corrected chi connectivity index (χ3v) is 4.42. The van der Waals surface area contributed by atoms with Crippen molar-refractivity contribution in [2.24, 2.45) is 0 Å². The molecule has 2 aromatic rings. The summed E-state index contributed by atoms with van der Waals surface area (Å²) in [6.07, 6.45) is 3.67. The molecule has 0 bridgehead atoms. The molecule has 5 nitrogen and oxygen atoms in total. The lowest BCUT2D eigenvalue weighted by molar-refractivity contribution is 0.579. The summed E-state index contributed by atoms with van der Waals surface area (Å²) >= 11 is 5.64. The molecular weight excluding hydrogens is 298 g/mol. The average molecular weight is 312 g/mol. The van der Waals surface area contributed by atoms with Crippen molar-refractivity contribution in [1.29, 1.82) is 0 Å². The third kappa shape index (κ3) is 3.53. The molecule has 106 valence electrons. The molecule has 2 aromatic heterocycles. The lowest BCUT2D eigenvalue weighted by atomic mass is 10.1. The molecule has 0 amide bonds. The van der Waals surface area contributed by atoms with Crippen LogP contribution in [0, 0.1) is 0 Å². The van der Waals surface area contributed by atoms with Gasteiger partial charge in [-0.1, -0.05) is 24.6 Å². The number of hydrogen-bond acceptors (Lipinski definition) is 4. The Morgan fingerprint density at radius 2 is 2.05 bits per heavy atom. The zero-order valence-corrected chi connectivity index (χ0v) is 12.4. The number of pyridine rings is 2. The highest BCUT2D eigenvalue weighted by molar-refractivity contribution is 7.89. The lowest BCUT2D eigenvalue weighted by Gasteiger charge is -2.09. The second kappa shape index (κ2) is 6.30. The standard InChI is InChI=1S/C13H14ClN3O2S/c1-2-10-4-3-7-15-12(10)9-17-20(18,19)11-5-6-13(14)16-8-11/h3-8,17H,2,9H2,1H3. The Morgan fingerprint density at radius 3 is 2.70 bits per heavy atom. The van der Waals surface area contributed by atoms with Gasteiger partial charge in [0.05, 0.1) is 12.2 Å². The molecule has 2 heterocycles. The molecule has 0 fully saturated rings. The molecule has 7 heteroatoms. The highest BCUT2D eigenvalue weighted by Gasteiger charge is 2.15. The van der Waals surface area contributed by atoms with Gasteiger partial charge in [0.25, 0.3) is 0 Å². The van der Waals surface area contributed by atoms with E-state index in [2.05, 4.69) is 14.7 Å². The molecule has 0 spiro atoms. The summed E-state index contributed by atoms with van der Waals surface area (Å²) < 4.78 is 26.7. The molecule has 0 atom stereocenters. The van der Waals surface area contributed by atoms with E-state index in [1.165, 1.54) is 18.3 Å². The van der Waals surface area contributed by atoms with E-state index in [0.29, 0.717) is 0 Å². The molecule has 0 radical (unpaired) electrons. The van der Waals surface area contributed by atoms with Crippen LogP contribution < -0.4 is 4.72 Å². The molecule has 0 aromatic carbocycles. The summed E-state index contributed by atoms with van der Waals surface area (Å²) in [5.41, 5.74) is 1.74. The molecule has 0 aliphatic rings. The Bertz CT molecular complexity index is 687. The van der Waals surface area contributed by atoms with Gasteiger partial charge in [0, 0.05) is 12.4 Å². The summed E-state index contributed by atoms with van der Waals surface area (Å²) in [6, 6.07) is 6.62. The number of sulfonamides is 1. The van der Waals surface area contributed by atoms with Crippen molar-refractivity contribution in [3.05, 3.63) is 53.1 Å². The van der Waals surface area contributed by atoms with E-state index in [9.17, 15) is 8.42 Å². The zero-order valence-electron chi connectivity index (χ0n) is 10.9. The van der Waals surface area contributed by atoms with E-state index in [0.717, 1.165) is 17.7 Å². The number of aryl methyl sites for hydroxylation is 1. The minimum Gasteiger partial charge on any atom is -0.260 e. The fourth-order valence-electron chi connectivity index (χ4n) is 1.72. The van der Waals surface area contributed by atoms with Crippen LogP contribution in [0.5, 0.6) is 0 Å². The summed E-state index contributed by atoms with van der Waals surface area (Å²) in [5, 5.41) is 0.252. The fraction of sp³-hybridized carbons (Fsp3) is 0.231. The number of hydrogen-bond donors (Lipinski definition) is 1. The number of nitrogens with one attached hydrogen (secondary N) is 1. The quantitative estimate of drug-likeness (QED) is 0.859. The van der Waals surface area contributed by atoms with Gasteiger partial charge in [-0.15, -0.1) is 0 Å². The maximum atomic E-state index is 12.1. The first-order valence-electron chi connectivity index (χ1n) is 6.07. The summed E-state index contributed by atoms with van der Waals surface area (Å²) in [5.74, 6) is 0. The van der Waals surface area contributed by atoms with Crippen LogP contribution in [0.3, 0.4) is 0 Å². The zero-order chi connectivity index (χ0) is 14.6. The maximum absolute atomic E-state index is 12.1. The monoisotopic (exact) mass is 311 g/mol. The maximum Gasteiger partial charge on any atom is 0.242 e. The van der Waals surface area contributed by atoms with E-state index in [1.54, 1.807) is 6.20 Å². The largest absolute Gasteiger partial charge is 0.260 e. The Balaban J connectivity index is 2.15. The van der Waals surface area contributed by atoms with Gasteiger partial charge in [-0.2, -0.15) is 0 Å². The van der Waals surface area contributed by atoms with Crippen molar-refractivity contribution < 1.29 is 8.42 Å². The minimum absolute atomic E-state index is 0.0795. The van der Waals surface area contributed by atoms with Crippen molar-refractivity contribution in [3.63, 3.8) is 0 Å². The van der Waals surface area contributed by atoms with E-state index in [1.807, 2.05) is 19.1 Å². The first-order valence-corrected chi connectivity index (χ1v) is 7.93. The van der Waals surface area contributed by atoms with E-state index in [-0.39, 0.29) is 16.6 Å².